The van der Waals surface area contributed by atoms with E-state index in [0.717, 1.165) is 19.3 Å². The van der Waals surface area contributed by atoms with E-state index in [1.807, 2.05) is 6.92 Å². The van der Waals surface area contributed by atoms with Crippen molar-refractivity contribution in [2.75, 3.05) is 0 Å². The Morgan fingerprint density at radius 3 is 2.17 bits per heavy atom. The van der Waals surface area contributed by atoms with Gasteiger partial charge in [-0.1, -0.05) is 71.6 Å². The first-order valence-corrected chi connectivity index (χ1v) is 7.75. The summed E-state index contributed by atoms with van der Waals surface area (Å²) in [5.41, 5.74) is 0. The molecular formula is C17H30O. The van der Waals surface area contributed by atoms with Gasteiger partial charge in [0.15, 0.2) is 0 Å². The number of carbonyl (C=O) groups is 1. The molecule has 0 heterocycles. The van der Waals surface area contributed by atoms with Gasteiger partial charge >= 0.3 is 0 Å². The predicted molar refractivity (Wildman–Crippen MR) is 79.5 cm³/mol. The maximum absolute atomic E-state index is 11.7. The van der Waals surface area contributed by atoms with E-state index >= 15 is 0 Å². The zero-order chi connectivity index (χ0) is 13.6. The molecule has 0 aromatic rings. The summed E-state index contributed by atoms with van der Waals surface area (Å²) < 4.78 is 0. The lowest BCUT2D eigenvalue weighted by molar-refractivity contribution is -0.117. The van der Waals surface area contributed by atoms with E-state index in [1.54, 1.807) is 0 Å². The molecule has 0 N–H and O–H groups in total. The third kappa shape index (κ3) is 10.4. The fraction of sp³-hybridized carbons (Fsp3) is 0.824. The molecule has 0 aromatic carbocycles. The van der Waals surface area contributed by atoms with Crippen LogP contribution in [0.3, 0.4) is 0 Å². The molecule has 104 valence electrons. The van der Waals surface area contributed by atoms with Crippen LogP contribution in [-0.2, 0) is 4.79 Å². The summed E-state index contributed by atoms with van der Waals surface area (Å²) in [6, 6.07) is 0. The molecule has 0 aromatic heterocycles. The van der Waals surface area contributed by atoms with E-state index < -0.39 is 0 Å². The van der Waals surface area contributed by atoms with Gasteiger partial charge in [0, 0.05) is 12.3 Å². The van der Waals surface area contributed by atoms with Crippen molar-refractivity contribution >= 4 is 5.78 Å². The van der Waals surface area contributed by atoms with E-state index in [1.165, 1.54) is 44.9 Å². The smallest absolute Gasteiger partial charge is 0.208 e. The van der Waals surface area contributed by atoms with Gasteiger partial charge in [-0.25, -0.2) is 0 Å². The number of ketones is 1. The highest BCUT2D eigenvalue weighted by Gasteiger charge is 2.09. The highest BCUT2D eigenvalue weighted by molar-refractivity contribution is 5.97. The minimum absolute atomic E-state index is 0.130. The van der Waals surface area contributed by atoms with Crippen molar-refractivity contribution in [2.45, 2.75) is 85.0 Å². The topological polar surface area (TPSA) is 17.1 Å². The lowest BCUT2D eigenvalue weighted by Gasteiger charge is -2.05. The van der Waals surface area contributed by atoms with Crippen molar-refractivity contribution in [3.63, 3.8) is 0 Å². The molecule has 1 heteroatoms. The molecule has 0 saturated carbocycles. The fourth-order valence-corrected chi connectivity index (χ4v) is 1.92. The Morgan fingerprint density at radius 1 is 0.944 bits per heavy atom. The fourth-order valence-electron chi connectivity index (χ4n) is 1.92. The van der Waals surface area contributed by atoms with Crippen molar-refractivity contribution in [1.29, 1.82) is 0 Å². The quantitative estimate of drug-likeness (QED) is 0.298. The number of carbonyl (C=O) groups excluding carboxylic acids is 1. The summed E-state index contributed by atoms with van der Waals surface area (Å²) in [5.74, 6) is 6.11. The molecule has 0 amide bonds. The molecule has 0 radical (unpaired) electrons. The Hall–Kier alpha value is -0.770. The van der Waals surface area contributed by atoms with Crippen LogP contribution >= 0.6 is 0 Å². The molecule has 0 rings (SSSR count). The Kier molecular flexibility index (Phi) is 12.1. The van der Waals surface area contributed by atoms with Crippen LogP contribution in [0.5, 0.6) is 0 Å². The SMILES string of the molecule is CCCCCCC#CC(=O)C(C)CCCCCC. The van der Waals surface area contributed by atoms with Crippen LogP contribution in [0.15, 0.2) is 0 Å². The maximum atomic E-state index is 11.7. The van der Waals surface area contributed by atoms with Gasteiger partial charge in [0.1, 0.15) is 0 Å². The van der Waals surface area contributed by atoms with Crippen LogP contribution < -0.4 is 0 Å². The van der Waals surface area contributed by atoms with Crippen molar-refractivity contribution in [3.8, 4) is 11.8 Å². The third-order valence-corrected chi connectivity index (χ3v) is 3.31. The van der Waals surface area contributed by atoms with Crippen LogP contribution in [0, 0.1) is 17.8 Å². The van der Waals surface area contributed by atoms with Crippen LogP contribution in [0.25, 0.3) is 0 Å². The first-order valence-electron chi connectivity index (χ1n) is 7.75. The van der Waals surface area contributed by atoms with E-state index in [4.69, 9.17) is 0 Å². The summed E-state index contributed by atoms with van der Waals surface area (Å²) in [7, 11) is 0. The zero-order valence-corrected chi connectivity index (χ0v) is 12.6. The van der Waals surface area contributed by atoms with Crippen LogP contribution in [0.1, 0.15) is 85.0 Å². The highest BCUT2D eigenvalue weighted by atomic mass is 16.1. The largest absolute Gasteiger partial charge is 0.285 e. The molecule has 0 spiro atoms. The Balaban J connectivity index is 3.63. The van der Waals surface area contributed by atoms with Gasteiger partial charge in [0.05, 0.1) is 0 Å². The Labute approximate surface area is 114 Å². The van der Waals surface area contributed by atoms with Crippen molar-refractivity contribution in [2.24, 2.45) is 5.92 Å². The number of rotatable bonds is 10. The summed E-state index contributed by atoms with van der Waals surface area (Å²) >= 11 is 0. The van der Waals surface area contributed by atoms with Gasteiger partial charge in [0.2, 0.25) is 5.78 Å². The van der Waals surface area contributed by atoms with Gasteiger partial charge in [-0.2, -0.15) is 0 Å². The number of hydrogen-bond acceptors (Lipinski definition) is 1. The average Bonchev–Trinajstić information content (AvgIpc) is 2.38. The van der Waals surface area contributed by atoms with Gasteiger partial charge in [-0.15, -0.1) is 0 Å². The predicted octanol–water partition coefficient (Wildman–Crippen LogP) is 5.14. The number of unbranched alkanes of at least 4 members (excludes halogenated alkanes) is 7. The average molecular weight is 250 g/mol. The molecule has 1 atom stereocenters. The van der Waals surface area contributed by atoms with Crippen LogP contribution in [-0.4, -0.2) is 5.78 Å². The Morgan fingerprint density at radius 2 is 1.56 bits per heavy atom. The van der Waals surface area contributed by atoms with Crippen LogP contribution in [0.2, 0.25) is 0 Å². The molecule has 0 saturated heterocycles. The summed E-state index contributed by atoms with van der Waals surface area (Å²) in [4.78, 5) is 11.7. The van der Waals surface area contributed by atoms with E-state index in [-0.39, 0.29) is 11.7 Å². The molecule has 18 heavy (non-hydrogen) atoms. The number of hydrogen-bond donors (Lipinski definition) is 0. The molecule has 1 nitrogen and oxygen atoms in total. The minimum atomic E-state index is 0.130. The first kappa shape index (κ1) is 17.2. The Bertz CT molecular complexity index is 257. The standard InChI is InChI=1S/C17H30O/c1-4-6-8-10-11-13-15-17(18)16(3)14-12-9-7-5-2/h16H,4-12,14H2,1-3H3. The highest BCUT2D eigenvalue weighted by Crippen LogP contribution is 2.11. The number of Topliss-reactive ketones (excluding diaryl/α,β-unsaturated/α-hetero) is 1. The van der Waals surface area contributed by atoms with E-state index in [0.29, 0.717) is 0 Å². The van der Waals surface area contributed by atoms with E-state index in [9.17, 15) is 4.79 Å². The second kappa shape index (κ2) is 12.7. The molecular weight excluding hydrogens is 220 g/mol. The van der Waals surface area contributed by atoms with Gasteiger partial charge in [-0.3, -0.25) is 4.79 Å². The van der Waals surface area contributed by atoms with E-state index in [2.05, 4.69) is 25.7 Å². The lowest BCUT2D eigenvalue weighted by atomic mass is 9.98. The van der Waals surface area contributed by atoms with Gasteiger partial charge in [0.25, 0.3) is 0 Å². The van der Waals surface area contributed by atoms with Crippen molar-refractivity contribution in [3.05, 3.63) is 0 Å². The van der Waals surface area contributed by atoms with Gasteiger partial charge in [-0.05, 0) is 18.8 Å². The normalized spacial score (nSPS) is 11.7. The summed E-state index contributed by atoms with van der Waals surface area (Å²) in [6.45, 7) is 6.42. The van der Waals surface area contributed by atoms with Crippen molar-refractivity contribution in [1.82, 2.24) is 0 Å². The molecule has 0 bridgehead atoms. The third-order valence-electron chi connectivity index (χ3n) is 3.31. The van der Waals surface area contributed by atoms with Gasteiger partial charge < -0.3 is 0 Å². The minimum Gasteiger partial charge on any atom is -0.285 e. The molecule has 0 aliphatic heterocycles. The molecule has 0 fully saturated rings. The van der Waals surface area contributed by atoms with Crippen molar-refractivity contribution < 1.29 is 4.79 Å². The summed E-state index contributed by atoms with van der Waals surface area (Å²) in [6.07, 6.45) is 11.7. The summed E-state index contributed by atoms with van der Waals surface area (Å²) in [5, 5.41) is 0. The zero-order valence-electron chi connectivity index (χ0n) is 12.6. The maximum Gasteiger partial charge on any atom is 0.208 e. The second-order valence-electron chi connectivity index (χ2n) is 5.23. The molecule has 0 aliphatic carbocycles. The van der Waals surface area contributed by atoms with Crippen LogP contribution in [0.4, 0.5) is 0 Å². The lowest BCUT2D eigenvalue weighted by Crippen LogP contribution is -2.08. The molecule has 0 aliphatic rings. The first-order chi connectivity index (χ1) is 8.72. The monoisotopic (exact) mass is 250 g/mol. The molecule has 1 unspecified atom stereocenters. The second-order valence-corrected chi connectivity index (χ2v) is 5.23.